The molecular weight excluding hydrogens is 240 g/mol. The number of carboxylic acid groups (broad SMARTS) is 1. The van der Waals surface area contributed by atoms with Gasteiger partial charge in [0.05, 0.1) is 12.2 Å². The Morgan fingerprint density at radius 3 is 2.79 bits per heavy atom. The Balaban J connectivity index is 2.16. The van der Waals surface area contributed by atoms with Crippen molar-refractivity contribution >= 4 is 16.9 Å². The van der Waals surface area contributed by atoms with Gasteiger partial charge >= 0.3 is 5.97 Å². The molecule has 0 aliphatic carbocycles. The lowest BCUT2D eigenvalue weighted by atomic mass is 9.93. The molecule has 1 aromatic carbocycles. The number of hydrogen-bond donors (Lipinski definition) is 1. The molecule has 3 nitrogen and oxygen atoms in total. The zero-order valence-electron chi connectivity index (χ0n) is 11.3. The molecule has 0 amide bonds. The van der Waals surface area contributed by atoms with Crippen LogP contribution in [0.4, 0.5) is 0 Å². The highest BCUT2D eigenvalue weighted by Crippen LogP contribution is 2.31. The molecule has 102 valence electrons. The number of carbonyl (C=O) groups is 1. The number of fused-ring (bicyclic) bond motifs is 1. The summed E-state index contributed by atoms with van der Waals surface area (Å²) in [6.45, 7) is 2.15. The van der Waals surface area contributed by atoms with Crippen molar-refractivity contribution in [1.82, 2.24) is 0 Å². The van der Waals surface area contributed by atoms with Crippen LogP contribution < -0.4 is 0 Å². The second-order valence-electron chi connectivity index (χ2n) is 4.93. The van der Waals surface area contributed by atoms with Crippen LogP contribution in [0.1, 0.15) is 50.5 Å². The average Bonchev–Trinajstić information content (AvgIpc) is 2.82. The summed E-state index contributed by atoms with van der Waals surface area (Å²) in [5.74, 6) is -1.22. The third-order valence-corrected chi connectivity index (χ3v) is 3.53. The molecule has 0 radical (unpaired) electrons. The number of hydrogen-bond acceptors (Lipinski definition) is 2. The lowest BCUT2D eigenvalue weighted by Gasteiger charge is -2.10. The predicted molar refractivity (Wildman–Crippen MR) is 75.3 cm³/mol. The lowest BCUT2D eigenvalue weighted by Crippen LogP contribution is -2.11. The molecular formula is C16H20O3. The number of benzene rings is 1. The van der Waals surface area contributed by atoms with Gasteiger partial charge in [-0.25, -0.2) is 0 Å². The highest BCUT2D eigenvalue weighted by Gasteiger charge is 2.23. The number of carboxylic acids is 1. The number of furan rings is 1. The molecule has 0 saturated carbocycles. The molecule has 0 saturated heterocycles. The maximum atomic E-state index is 11.5. The van der Waals surface area contributed by atoms with E-state index in [0.717, 1.165) is 35.8 Å². The highest BCUT2D eigenvalue weighted by molar-refractivity contribution is 5.87. The normalized spacial score (nSPS) is 12.7. The Morgan fingerprint density at radius 1 is 1.26 bits per heavy atom. The maximum absolute atomic E-state index is 11.5. The van der Waals surface area contributed by atoms with Crippen LogP contribution in [0, 0.1) is 0 Å². The van der Waals surface area contributed by atoms with Gasteiger partial charge in [0, 0.05) is 10.9 Å². The van der Waals surface area contributed by atoms with Gasteiger partial charge < -0.3 is 9.52 Å². The summed E-state index contributed by atoms with van der Waals surface area (Å²) < 4.78 is 5.44. The minimum absolute atomic E-state index is 0.458. The largest absolute Gasteiger partial charge is 0.481 e. The minimum atomic E-state index is -0.761. The zero-order chi connectivity index (χ0) is 13.7. The van der Waals surface area contributed by atoms with E-state index in [4.69, 9.17) is 4.42 Å². The molecule has 0 spiro atoms. The first-order chi connectivity index (χ1) is 9.24. The fourth-order valence-electron chi connectivity index (χ4n) is 2.46. The van der Waals surface area contributed by atoms with E-state index in [1.165, 1.54) is 6.42 Å². The molecule has 0 bridgehead atoms. The fraction of sp³-hybridized carbons (Fsp3) is 0.438. The van der Waals surface area contributed by atoms with Gasteiger partial charge in [-0.05, 0) is 12.5 Å². The first-order valence-corrected chi connectivity index (χ1v) is 6.93. The van der Waals surface area contributed by atoms with Crippen LogP contribution in [0.2, 0.25) is 0 Å². The average molecular weight is 260 g/mol. The van der Waals surface area contributed by atoms with E-state index in [1.807, 2.05) is 24.3 Å². The molecule has 1 atom stereocenters. The Morgan fingerprint density at radius 2 is 2.05 bits per heavy atom. The quantitative estimate of drug-likeness (QED) is 0.742. The third kappa shape index (κ3) is 3.16. The van der Waals surface area contributed by atoms with Gasteiger partial charge in [0.2, 0.25) is 0 Å². The van der Waals surface area contributed by atoms with Crippen LogP contribution in [0.5, 0.6) is 0 Å². The smallest absolute Gasteiger partial charge is 0.311 e. The van der Waals surface area contributed by atoms with Crippen LogP contribution in [-0.2, 0) is 4.79 Å². The molecule has 1 heterocycles. The monoisotopic (exact) mass is 260 g/mol. The van der Waals surface area contributed by atoms with E-state index in [-0.39, 0.29) is 0 Å². The minimum Gasteiger partial charge on any atom is -0.481 e. The summed E-state index contributed by atoms with van der Waals surface area (Å²) in [6, 6.07) is 7.61. The summed E-state index contributed by atoms with van der Waals surface area (Å²) in [5.41, 5.74) is 1.57. The van der Waals surface area contributed by atoms with E-state index in [9.17, 15) is 9.90 Å². The fourth-order valence-corrected chi connectivity index (χ4v) is 2.46. The van der Waals surface area contributed by atoms with Gasteiger partial charge in [0.1, 0.15) is 5.58 Å². The number of rotatable bonds is 7. The van der Waals surface area contributed by atoms with Crippen molar-refractivity contribution < 1.29 is 14.3 Å². The lowest BCUT2D eigenvalue weighted by molar-refractivity contribution is -0.139. The van der Waals surface area contributed by atoms with Crippen LogP contribution in [0.3, 0.4) is 0 Å². The maximum Gasteiger partial charge on any atom is 0.311 e. The molecule has 0 aliphatic rings. The molecule has 1 N–H and O–H groups in total. The van der Waals surface area contributed by atoms with Crippen molar-refractivity contribution in [1.29, 1.82) is 0 Å². The van der Waals surface area contributed by atoms with Gasteiger partial charge in [-0.15, -0.1) is 0 Å². The van der Waals surface area contributed by atoms with Gasteiger partial charge in [0.15, 0.2) is 0 Å². The van der Waals surface area contributed by atoms with Crippen molar-refractivity contribution in [3.05, 3.63) is 36.1 Å². The second kappa shape index (κ2) is 6.41. The third-order valence-electron chi connectivity index (χ3n) is 3.53. The number of aliphatic carboxylic acids is 1. The molecule has 0 fully saturated rings. The van der Waals surface area contributed by atoms with Crippen LogP contribution >= 0.6 is 0 Å². The summed E-state index contributed by atoms with van der Waals surface area (Å²) in [7, 11) is 0. The van der Waals surface area contributed by atoms with Gasteiger partial charge in [0.25, 0.3) is 0 Å². The van der Waals surface area contributed by atoms with Gasteiger partial charge in [-0.3, -0.25) is 4.79 Å². The number of unbranched alkanes of at least 4 members (excludes halogenated alkanes) is 3. The summed E-state index contributed by atoms with van der Waals surface area (Å²) in [6.07, 6.45) is 6.65. The Bertz CT molecular complexity index is 542. The topological polar surface area (TPSA) is 50.4 Å². The molecule has 1 unspecified atom stereocenters. The summed E-state index contributed by atoms with van der Waals surface area (Å²) >= 11 is 0. The van der Waals surface area contributed by atoms with E-state index in [0.29, 0.717) is 6.42 Å². The Hall–Kier alpha value is -1.77. The first-order valence-electron chi connectivity index (χ1n) is 6.93. The molecule has 3 heteroatoms. The molecule has 19 heavy (non-hydrogen) atoms. The van der Waals surface area contributed by atoms with Crippen molar-refractivity contribution in [3.63, 3.8) is 0 Å². The van der Waals surface area contributed by atoms with Crippen LogP contribution in [0.25, 0.3) is 11.0 Å². The molecule has 2 rings (SSSR count). The molecule has 0 aliphatic heterocycles. The summed E-state index contributed by atoms with van der Waals surface area (Å²) in [4.78, 5) is 11.5. The van der Waals surface area contributed by atoms with Crippen LogP contribution in [0.15, 0.2) is 34.9 Å². The van der Waals surface area contributed by atoms with Crippen molar-refractivity contribution in [2.24, 2.45) is 0 Å². The van der Waals surface area contributed by atoms with E-state index in [2.05, 4.69) is 6.92 Å². The SMILES string of the molecule is CCCCCCC(C(=O)O)c1coc2ccccc12. The molecule has 1 aromatic heterocycles. The van der Waals surface area contributed by atoms with Gasteiger partial charge in [-0.2, -0.15) is 0 Å². The Kier molecular flexibility index (Phi) is 4.61. The standard InChI is InChI=1S/C16H20O3/c1-2-3-4-5-9-13(16(17)18)14-11-19-15-10-7-6-8-12(14)15/h6-8,10-11,13H,2-5,9H2,1H3,(H,17,18). The van der Waals surface area contributed by atoms with Crippen molar-refractivity contribution in [3.8, 4) is 0 Å². The Labute approximate surface area is 113 Å². The predicted octanol–water partition coefficient (Wildman–Crippen LogP) is 4.57. The van der Waals surface area contributed by atoms with Crippen molar-refractivity contribution in [2.45, 2.75) is 44.9 Å². The molecule has 2 aromatic rings. The van der Waals surface area contributed by atoms with E-state index < -0.39 is 11.9 Å². The first kappa shape index (κ1) is 13.7. The highest BCUT2D eigenvalue weighted by atomic mass is 16.4. The van der Waals surface area contributed by atoms with Crippen molar-refractivity contribution in [2.75, 3.05) is 0 Å². The zero-order valence-corrected chi connectivity index (χ0v) is 11.3. The van der Waals surface area contributed by atoms with Crippen LogP contribution in [-0.4, -0.2) is 11.1 Å². The second-order valence-corrected chi connectivity index (χ2v) is 4.93. The summed E-state index contributed by atoms with van der Waals surface area (Å²) in [5, 5.41) is 10.3. The van der Waals surface area contributed by atoms with E-state index in [1.54, 1.807) is 6.26 Å². The number of para-hydroxylation sites is 1. The van der Waals surface area contributed by atoms with Gasteiger partial charge in [-0.1, -0.05) is 50.8 Å². The van der Waals surface area contributed by atoms with E-state index >= 15 is 0 Å².